The second kappa shape index (κ2) is 5.09. The average molecular weight is 230 g/mol. The summed E-state index contributed by atoms with van der Waals surface area (Å²) in [6, 6.07) is 2.78. The molecule has 0 radical (unpaired) electrons. The molecule has 84 valence electrons. The normalized spacial score (nSPS) is 11.3. The molecule has 5 nitrogen and oxygen atoms in total. The fourth-order valence-corrected chi connectivity index (χ4v) is 1.73. The van der Waals surface area contributed by atoms with Gasteiger partial charge in [-0.1, -0.05) is 13.3 Å². The smallest absolute Gasteiger partial charge is 0.298 e. The number of anilines is 1. The number of hydrogen-bond acceptors (Lipinski definition) is 4. The van der Waals surface area contributed by atoms with Crippen molar-refractivity contribution in [3.05, 3.63) is 18.3 Å². The predicted octanol–water partition coefficient (Wildman–Crippen LogP) is 1.54. The van der Waals surface area contributed by atoms with E-state index >= 15 is 0 Å². The quantitative estimate of drug-likeness (QED) is 0.592. The molecule has 0 atom stereocenters. The molecule has 0 spiro atoms. The molecule has 0 unspecified atom stereocenters. The third-order valence-corrected chi connectivity index (χ3v) is 2.76. The maximum Gasteiger partial charge on any atom is 0.298 e. The van der Waals surface area contributed by atoms with Crippen LogP contribution in [0.2, 0.25) is 0 Å². The second-order valence-electron chi connectivity index (χ2n) is 3.11. The number of nitrogens with one attached hydrogen (secondary N) is 1. The third-order valence-electron chi connectivity index (χ3n) is 1.87. The Labute approximate surface area is 89.3 Å². The minimum atomic E-state index is -4.20. The van der Waals surface area contributed by atoms with Gasteiger partial charge in [-0.3, -0.25) is 4.55 Å². The molecule has 0 aromatic carbocycles. The molecule has 1 aromatic rings. The Morgan fingerprint density at radius 3 is 2.87 bits per heavy atom. The van der Waals surface area contributed by atoms with Gasteiger partial charge >= 0.3 is 0 Å². The van der Waals surface area contributed by atoms with Crippen molar-refractivity contribution >= 4 is 15.9 Å². The van der Waals surface area contributed by atoms with Crippen molar-refractivity contribution in [2.75, 3.05) is 11.9 Å². The highest BCUT2D eigenvalue weighted by molar-refractivity contribution is 7.86. The maximum atomic E-state index is 11.0. The van der Waals surface area contributed by atoms with E-state index in [9.17, 15) is 8.42 Å². The summed E-state index contributed by atoms with van der Waals surface area (Å²) in [7, 11) is -4.20. The number of unbranched alkanes of at least 4 members (excludes halogenated alkanes) is 1. The van der Waals surface area contributed by atoms with Crippen LogP contribution in [0.3, 0.4) is 0 Å². The van der Waals surface area contributed by atoms with Gasteiger partial charge in [0.15, 0.2) is 0 Å². The van der Waals surface area contributed by atoms with Crippen molar-refractivity contribution < 1.29 is 13.0 Å². The van der Waals surface area contributed by atoms with Crippen molar-refractivity contribution in [1.82, 2.24) is 4.98 Å². The van der Waals surface area contributed by atoms with Gasteiger partial charge < -0.3 is 5.32 Å². The first-order valence-corrected chi connectivity index (χ1v) is 6.16. The second-order valence-corrected chi connectivity index (χ2v) is 4.50. The van der Waals surface area contributed by atoms with Crippen LogP contribution < -0.4 is 5.32 Å². The molecule has 0 saturated heterocycles. The van der Waals surface area contributed by atoms with Crippen LogP contribution in [0.4, 0.5) is 5.82 Å². The monoisotopic (exact) mass is 230 g/mol. The number of nitrogens with zero attached hydrogens (tertiary/aromatic N) is 1. The van der Waals surface area contributed by atoms with E-state index in [1.807, 2.05) is 6.92 Å². The highest BCUT2D eigenvalue weighted by Crippen LogP contribution is 2.17. The van der Waals surface area contributed by atoms with Crippen LogP contribution in [-0.2, 0) is 10.1 Å². The molecule has 0 bridgehead atoms. The van der Waals surface area contributed by atoms with Crippen LogP contribution in [0.5, 0.6) is 0 Å². The van der Waals surface area contributed by atoms with Crippen LogP contribution >= 0.6 is 0 Å². The van der Waals surface area contributed by atoms with Gasteiger partial charge in [0.05, 0.1) is 0 Å². The summed E-state index contributed by atoms with van der Waals surface area (Å²) < 4.78 is 30.8. The molecule has 0 saturated carbocycles. The highest BCUT2D eigenvalue weighted by Gasteiger charge is 2.15. The summed E-state index contributed by atoms with van der Waals surface area (Å²) in [5.74, 6) is 0.202. The van der Waals surface area contributed by atoms with E-state index in [2.05, 4.69) is 10.3 Å². The highest BCUT2D eigenvalue weighted by atomic mass is 32.2. The Balaban J connectivity index is 2.88. The third kappa shape index (κ3) is 3.49. The lowest BCUT2D eigenvalue weighted by Crippen LogP contribution is -2.09. The molecule has 0 amide bonds. The van der Waals surface area contributed by atoms with Crippen molar-refractivity contribution in [2.24, 2.45) is 0 Å². The Bertz CT molecular complexity index is 417. The zero-order valence-corrected chi connectivity index (χ0v) is 9.29. The van der Waals surface area contributed by atoms with Crippen molar-refractivity contribution in [2.45, 2.75) is 24.7 Å². The fourth-order valence-electron chi connectivity index (χ4n) is 1.12. The van der Waals surface area contributed by atoms with Crippen molar-refractivity contribution in [3.8, 4) is 0 Å². The van der Waals surface area contributed by atoms with Crippen LogP contribution in [0.15, 0.2) is 23.2 Å². The summed E-state index contributed by atoms with van der Waals surface area (Å²) in [4.78, 5) is 3.69. The van der Waals surface area contributed by atoms with Gasteiger partial charge in [-0.25, -0.2) is 4.98 Å². The Morgan fingerprint density at radius 2 is 2.27 bits per heavy atom. The largest absolute Gasteiger partial charge is 0.369 e. The summed E-state index contributed by atoms with van der Waals surface area (Å²) in [5, 5.41) is 2.87. The molecule has 2 N–H and O–H groups in total. The molecule has 0 fully saturated rings. The minimum Gasteiger partial charge on any atom is -0.369 e. The van der Waals surface area contributed by atoms with Gasteiger partial charge in [-0.2, -0.15) is 8.42 Å². The van der Waals surface area contributed by atoms with E-state index in [0.717, 1.165) is 12.8 Å². The lowest BCUT2D eigenvalue weighted by molar-refractivity contribution is 0.483. The molecule has 0 aliphatic carbocycles. The lowest BCUT2D eigenvalue weighted by atomic mass is 10.3. The molecule has 1 heterocycles. The summed E-state index contributed by atoms with van der Waals surface area (Å²) in [6.07, 6.45) is 3.39. The molecular weight excluding hydrogens is 216 g/mol. The van der Waals surface area contributed by atoms with Gasteiger partial charge in [-0.05, 0) is 18.6 Å². The minimum absolute atomic E-state index is 0.180. The first kappa shape index (κ1) is 11.9. The maximum absolute atomic E-state index is 11.0. The van der Waals surface area contributed by atoms with Crippen LogP contribution in [0.25, 0.3) is 0 Å². The molecule has 0 aliphatic rings. The molecule has 1 aromatic heterocycles. The average Bonchev–Trinajstić information content (AvgIpc) is 2.17. The summed E-state index contributed by atoms with van der Waals surface area (Å²) >= 11 is 0. The first-order chi connectivity index (χ1) is 7.05. The van der Waals surface area contributed by atoms with Gasteiger partial charge in [0.2, 0.25) is 0 Å². The summed E-state index contributed by atoms with van der Waals surface area (Å²) in [5.41, 5.74) is 0. The van der Waals surface area contributed by atoms with Gasteiger partial charge in [0, 0.05) is 12.7 Å². The number of hydrogen-bond donors (Lipinski definition) is 2. The Morgan fingerprint density at radius 1 is 1.53 bits per heavy atom. The van der Waals surface area contributed by atoms with Crippen molar-refractivity contribution in [3.63, 3.8) is 0 Å². The topological polar surface area (TPSA) is 79.3 Å². The summed E-state index contributed by atoms with van der Waals surface area (Å²) in [6.45, 7) is 2.67. The van der Waals surface area contributed by atoms with Crippen LogP contribution in [0, 0.1) is 0 Å². The van der Waals surface area contributed by atoms with E-state index < -0.39 is 10.1 Å². The Hall–Kier alpha value is -1.14. The fraction of sp³-hybridized carbons (Fsp3) is 0.444. The van der Waals surface area contributed by atoms with Crippen LogP contribution in [0.1, 0.15) is 19.8 Å². The van der Waals surface area contributed by atoms with Gasteiger partial charge in [0.1, 0.15) is 10.7 Å². The molecule has 6 heteroatoms. The van der Waals surface area contributed by atoms with E-state index in [1.54, 1.807) is 0 Å². The molecule has 1 rings (SSSR count). The van der Waals surface area contributed by atoms with Gasteiger partial charge in [0.25, 0.3) is 10.1 Å². The SMILES string of the molecule is CCCCNc1ncccc1S(=O)(=O)O. The van der Waals surface area contributed by atoms with Gasteiger partial charge in [-0.15, -0.1) is 0 Å². The lowest BCUT2D eigenvalue weighted by Gasteiger charge is -2.07. The van der Waals surface area contributed by atoms with E-state index in [0.29, 0.717) is 6.54 Å². The van der Waals surface area contributed by atoms with E-state index in [-0.39, 0.29) is 10.7 Å². The number of aromatic nitrogens is 1. The predicted molar refractivity (Wildman–Crippen MR) is 57.4 cm³/mol. The van der Waals surface area contributed by atoms with E-state index in [1.165, 1.54) is 18.3 Å². The standard InChI is InChI=1S/C9H14N2O3S/c1-2-3-6-10-9-8(15(12,13)14)5-4-7-11-9/h4-5,7H,2-3,6H2,1H3,(H,10,11)(H,12,13,14). The molecule has 15 heavy (non-hydrogen) atoms. The van der Waals surface area contributed by atoms with Crippen LogP contribution in [-0.4, -0.2) is 24.5 Å². The first-order valence-electron chi connectivity index (χ1n) is 4.72. The van der Waals surface area contributed by atoms with Crippen molar-refractivity contribution in [1.29, 1.82) is 0 Å². The Kier molecular flexibility index (Phi) is 4.05. The molecular formula is C9H14N2O3S. The molecule has 0 aliphatic heterocycles. The number of rotatable bonds is 5. The zero-order valence-electron chi connectivity index (χ0n) is 8.47. The van der Waals surface area contributed by atoms with E-state index in [4.69, 9.17) is 4.55 Å². The zero-order chi connectivity index (χ0) is 11.3. The number of pyridine rings is 1.